The fraction of sp³-hybridized carbons (Fsp3) is 0.214. The molecule has 4 heteroatoms. The first-order valence-electron chi connectivity index (χ1n) is 5.73. The number of nitrogens with two attached hydrogens (primary N) is 1. The molecule has 1 unspecified atom stereocenters. The molecule has 3 N–H and O–H groups in total. The summed E-state index contributed by atoms with van der Waals surface area (Å²) in [6, 6.07) is 11.6. The van der Waals surface area contributed by atoms with Crippen molar-refractivity contribution >= 4 is 5.97 Å². The van der Waals surface area contributed by atoms with Crippen LogP contribution in [0.4, 0.5) is 0 Å². The van der Waals surface area contributed by atoms with Gasteiger partial charge in [-0.25, -0.2) is 0 Å². The summed E-state index contributed by atoms with van der Waals surface area (Å²) in [7, 11) is 0. The van der Waals surface area contributed by atoms with E-state index in [1.165, 1.54) is 6.92 Å². The highest BCUT2D eigenvalue weighted by atomic mass is 16.4. The van der Waals surface area contributed by atoms with Crippen molar-refractivity contribution in [2.24, 2.45) is 5.73 Å². The molecule has 18 heavy (non-hydrogen) atoms. The zero-order chi connectivity index (χ0) is 13.2. The molecule has 0 radical (unpaired) electrons. The molecule has 0 saturated heterocycles. The molecular weight excluding hydrogens is 228 g/mol. The summed E-state index contributed by atoms with van der Waals surface area (Å²) in [6.45, 7) is 1.53. The minimum Gasteiger partial charge on any atom is -0.480 e. The topological polar surface area (TPSA) is 68.2 Å². The summed E-state index contributed by atoms with van der Waals surface area (Å²) >= 11 is 0. The number of carbonyl (C=O) groups is 1. The highest BCUT2D eigenvalue weighted by Crippen LogP contribution is 2.15. The predicted molar refractivity (Wildman–Crippen MR) is 69.7 cm³/mol. The fourth-order valence-electron chi connectivity index (χ4n) is 1.83. The van der Waals surface area contributed by atoms with E-state index in [4.69, 9.17) is 10.8 Å². The van der Waals surface area contributed by atoms with Crippen LogP contribution in [0.2, 0.25) is 0 Å². The minimum atomic E-state index is -1.24. The Labute approximate surface area is 106 Å². The third kappa shape index (κ3) is 2.60. The molecule has 1 atom stereocenters. The van der Waals surface area contributed by atoms with Crippen LogP contribution in [0.15, 0.2) is 48.8 Å². The number of hydrogen-bond donors (Lipinski definition) is 2. The molecule has 1 aromatic heterocycles. The summed E-state index contributed by atoms with van der Waals surface area (Å²) in [5.74, 6) is -0.992. The zero-order valence-electron chi connectivity index (χ0n) is 10.2. The van der Waals surface area contributed by atoms with Gasteiger partial charge in [-0.15, -0.1) is 0 Å². The Morgan fingerprint density at radius 3 is 2.61 bits per heavy atom. The van der Waals surface area contributed by atoms with Crippen LogP contribution in [0.25, 0.3) is 5.69 Å². The Morgan fingerprint density at radius 1 is 1.33 bits per heavy atom. The lowest BCUT2D eigenvalue weighted by atomic mass is 9.94. The Morgan fingerprint density at radius 2 is 2.00 bits per heavy atom. The SMILES string of the molecule is CC(N)(Cc1cccc(-n2cccc2)c1)C(=O)O. The molecular formula is C14H16N2O2. The molecule has 1 aromatic carbocycles. The lowest BCUT2D eigenvalue weighted by Gasteiger charge is -2.19. The zero-order valence-corrected chi connectivity index (χ0v) is 10.2. The first-order valence-corrected chi connectivity index (χ1v) is 5.73. The maximum atomic E-state index is 11.0. The first kappa shape index (κ1) is 12.4. The maximum Gasteiger partial charge on any atom is 0.323 e. The quantitative estimate of drug-likeness (QED) is 0.862. The van der Waals surface area contributed by atoms with E-state index < -0.39 is 11.5 Å². The predicted octanol–water partition coefficient (Wildman–Crippen LogP) is 1.82. The van der Waals surface area contributed by atoms with Gasteiger partial charge in [-0.1, -0.05) is 12.1 Å². The lowest BCUT2D eigenvalue weighted by Crippen LogP contribution is -2.46. The van der Waals surface area contributed by atoms with Gasteiger partial charge >= 0.3 is 5.97 Å². The number of nitrogens with zero attached hydrogens (tertiary/aromatic N) is 1. The van der Waals surface area contributed by atoms with Gasteiger partial charge in [0.05, 0.1) is 0 Å². The standard InChI is InChI=1S/C14H16N2O2/c1-14(15,13(17)18)10-11-5-4-6-12(9-11)16-7-2-3-8-16/h2-9H,10,15H2,1H3,(H,17,18). The Bertz CT molecular complexity index is 545. The van der Waals surface area contributed by atoms with Crippen LogP contribution in [0, 0.1) is 0 Å². The second-order valence-electron chi connectivity index (χ2n) is 4.66. The number of benzene rings is 1. The smallest absolute Gasteiger partial charge is 0.323 e. The van der Waals surface area contributed by atoms with E-state index in [-0.39, 0.29) is 0 Å². The minimum absolute atomic E-state index is 0.303. The lowest BCUT2D eigenvalue weighted by molar-refractivity contribution is -0.142. The van der Waals surface area contributed by atoms with Crippen molar-refractivity contribution in [3.05, 3.63) is 54.4 Å². The third-order valence-corrected chi connectivity index (χ3v) is 2.87. The van der Waals surface area contributed by atoms with E-state index >= 15 is 0 Å². The normalized spacial score (nSPS) is 14.1. The molecule has 4 nitrogen and oxygen atoms in total. The molecule has 94 valence electrons. The van der Waals surface area contributed by atoms with Gasteiger partial charge in [0, 0.05) is 24.5 Å². The average molecular weight is 244 g/mol. The Kier molecular flexibility index (Phi) is 3.21. The Hall–Kier alpha value is -2.07. The van der Waals surface area contributed by atoms with Crippen molar-refractivity contribution in [1.29, 1.82) is 0 Å². The van der Waals surface area contributed by atoms with Crippen LogP contribution in [0.1, 0.15) is 12.5 Å². The van der Waals surface area contributed by atoms with E-state index in [0.717, 1.165) is 11.3 Å². The van der Waals surface area contributed by atoms with E-state index in [1.807, 2.05) is 53.4 Å². The number of carboxylic acids is 1. The van der Waals surface area contributed by atoms with Crippen LogP contribution in [0.5, 0.6) is 0 Å². The van der Waals surface area contributed by atoms with Crippen LogP contribution in [-0.4, -0.2) is 21.2 Å². The van der Waals surface area contributed by atoms with Gasteiger partial charge in [0.15, 0.2) is 0 Å². The largest absolute Gasteiger partial charge is 0.480 e. The summed E-state index contributed by atoms with van der Waals surface area (Å²) < 4.78 is 1.97. The molecule has 2 aromatic rings. The van der Waals surface area contributed by atoms with Crippen molar-refractivity contribution in [1.82, 2.24) is 4.57 Å². The number of aromatic nitrogens is 1. The van der Waals surface area contributed by atoms with Gasteiger partial charge in [0.2, 0.25) is 0 Å². The second-order valence-corrected chi connectivity index (χ2v) is 4.66. The Balaban J connectivity index is 2.26. The number of carboxylic acid groups (broad SMARTS) is 1. The molecule has 0 amide bonds. The highest BCUT2D eigenvalue weighted by molar-refractivity contribution is 5.78. The van der Waals surface area contributed by atoms with Gasteiger partial charge in [-0.2, -0.15) is 0 Å². The molecule has 1 heterocycles. The third-order valence-electron chi connectivity index (χ3n) is 2.87. The average Bonchev–Trinajstić information content (AvgIpc) is 2.82. The molecule has 2 rings (SSSR count). The van der Waals surface area contributed by atoms with Crippen LogP contribution < -0.4 is 5.73 Å². The first-order chi connectivity index (χ1) is 8.49. The maximum absolute atomic E-state index is 11.0. The van der Waals surface area contributed by atoms with Crippen molar-refractivity contribution in [2.75, 3.05) is 0 Å². The van der Waals surface area contributed by atoms with Crippen molar-refractivity contribution in [3.63, 3.8) is 0 Å². The summed E-state index contributed by atoms with van der Waals surface area (Å²) in [5, 5.41) is 9.03. The highest BCUT2D eigenvalue weighted by Gasteiger charge is 2.28. The number of aliphatic carboxylic acids is 1. The van der Waals surface area contributed by atoms with Crippen LogP contribution in [-0.2, 0) is 11.2 Å². The fourth-order valence-corrected chi connectivity index (χ4v) is 1.83. The van der Waals surface area contributed by atoms with Crippen LogP contribution in [0.3, 0.4) is 0 Å². The summed E-state index contributed by atoms with van der Waals surface area (Å²) in [6.07, 6.45) is 4.19. The number of hydrogen-bond acceptors (Lipinski definition) is 2. The van der Waals surface area contributed by atoms with Gasteiger partial charge in [0.25, 0.3) is 0 Å². The van der Waals surface area contributed by atoms with Crippen molar-refractivity contribution in [2.45, 2.75) is 18.9 Å². The second kappa shape index (κ2) is 4.66. The molecule has 0 aliphatic heterocycles. The van der Waals surface area contributed by atoms with Crippen molar-refractivity contribution in [3.8, 4) is 5.69 Å². The monoisotopic (exact) mass is 244 g/mol. The van der Waals surface area contributed by atoms with E-state index in [0.29, 0.717) is 6.42 Å². The summed E-state index contributed by atoms with van der Waals surface area (Å²) in [5.41, 5.74) is 6.42. The van der Waals surface area contributed by atoms with Gasteiger partial charge in [-0.05, 0) is 36.8 Å². The summed E-state index contributed by atoms with van der Waals surface area (Å²) in [4.78, 5) is 11.0. The molecule has 0 saturated carbocycles. The van der Waals surface area contributed by atoms with E-state index in [2.05, 4.69) is 0 Å². The number of rotatable bonds is 4. The molecule has 0 aliphatic carbocycles. The van der Waals surface area contributed by atoms with Gasteiger partial charge < -0.3 is 15.4 Å². The molecule has 0 bridgehead atoms. The van der Waals surface area contributed by atoms with E-state index in [9.17, 15) is 4.79 Å². The van der Waals surface area contributed by atoms with E-state index in [1.54, 1.807) is 0 Å². The van der Waals surface area contributed by atoms with Crippen molar-refractivity contribution < 1.29 is 9.90 Å². The molecule has 0 spiro atoms. The van der Waals surface area contributed by atoms with Gasteiger partial charge in [-0.3, -0.25) is 4.79 Å². The molecule has 0 fully saturated rings. The van der Waals surface area contributed by atoms with Gasteiger partial charge in [0.1, 0.15) is 5.54 Å². The molecule has 0 aliphatic rings. The van der Waals surface area contributed by atoms with Crippen LogP contribution >= 0.6 is 0 Å².